The van der Waals surface area contributed by atoms with E-state index in [9.17, 15) is 27.9 Å². The third-order valence-corrected chi connectivity index (χ3v) is 3.47. The van der Waals surface area contributed by atoms with E-state index in [0.29, 0.717) is 11.3 Å². The van der Waals surface area contributed by atoms with Gasteiger partial charge < -0.3 is 20.9 Å². The molecule has 0 radical (unpaired) electrons. The van der Waals surface area contributed by atoms with Crippen LogP contribution in [0.2, 0.25) is 0 Å². The van der Waals surface area contributed by atoms with E-state index in [4.69, 9.17) is 10.5 Å². The minimum Gasteiger partial charge on any atom is -0.478 e. The van der Waals surface area contributed by atoms with Crippen LogP contribution in [0.5, 0.6) is 5.75 Å². The molecule has 0 aromatic heterocycles. The predicted octanol–water partition coefficient (Wildman–Crippen LogP) is 3.71. The monoisotopic (exact) mass is 368 g/mol. The average molecular weight is 368 g/mol. The number of carboxylic acid groups (broad SMARTS) is 1. The number of carbonyl (C=O) groups is 2. The highest BCUT2D eigenvalue weighted by atomic mass is 19.4. The first-order chi connectivity index (χ1) is 12.1. The zero-order valence-corrected chi connectivity index (χ0v) is 13.5. The molecule has 2 aromatic carbocycles. The third-order valence-electron chi connectivity index (χ3n) is 3.47. The topological polar surface area (TPSA) is 102 Å². The summed E-state index contributed by atoms with van der Waals surface area (Å²) in [5.41, 5.74) is 4.88. The first-order valence-electron chi connectivity index (χ1n) is 7.32. The summed E-state index contributed by atoms with van der Waals surface area (Å²) in [5.74, 6) is -2.05. The molecular weight excluding hydrogens is 353 g/mol. The van der Waals surface area contributed by atoms with Crippen LogP contribution in [0.1, 0.15) is 22.8 Å². The largest absolute Gasteiger partial charge is 0.478 e. The van der Waals surface area contributed by atoms with Crippen LogP contribution >= 0.6 is 0 Å². The number of aryl methyl sites for hydroxylation is 1. The van der Waals surface area contributed by atoms with E-state index in [1.807, 2.05) is 0 Å². The normalized spacial score (nSPS) is 12.3. The van der Waals surface area contributed by atoms with E-state index >= 15 is 0 Å². The van der Waals surface area contributed by atoms with Crippen molar-refractivity contribution in [2.45, 2.75) is 19.2 Å². The van der Waals surface area contributed by atoms with Crippen molar-refractivity contribution in [3.05, 3.63) is 59.2 Å². The van der Waals surface area contributed by atoms with Gasteiger partial charge in [0.05, 0.1) is 5.56 Å². The molecule has 1 atom stereocenters. The summed E-state index contributed by atoms with van der Waals surface area (Å²) in [4.78, 5) is 22.4. The van der Waals surface area contributed by atoms with Crippen molar-refractivity contribution in [3.63, 3.8) is 0 Å². The van der Waals surface area contributed by atoms with Gasteiger partial charge in [-0.15, -0.1) is 0 Å². The highest BCUT2D eigenvalue weighted by molar-refractivity contribution is 5.88. The van der Waals surface area contributed by atoms with Crippen LogP contribution in [0, 0.1) is 6.92 Å². The Morgan fingerprint density at radius 1 is 1.19 bits per heavy atom. The van der Waals surface area contributed by atoms with E-state index in [2.05, 4.69) is 5.32 Å². The molecule has 4 N–H and O–H groups in total. The standard InChI is InChI=1S/C17H15F3N2O4/c1-9-8-10(6-7-12(9)22-16(21)25)14(15(23)24)26-13-5-3-2-4-11(13)17(18,19)20/h2-8,14H,1H3,(H,23,24)(H3,21,22,25). The van der Waals surface area contributed by atoms with Gasteiger partial charge in [-0.25, -0.2) is 9.59 Å². The molecule has 0 bridgehead atoms. The number of alkyl halides is 3. The van der Waals surface area contributed by atoms with Gasteiger partial charge >= 0.3 is 18.2 Å². The summed E-state index contributed by atoms with van der Waals surface area (Å²) >= 11 is 0. The Morgan fingerprint density at radius 2 is 1.85 bits per heavy atom. The Balaban J connectivity index is 2.39. The lowest BCUT2D eigenvalue weighted by atomic mass is 10.0. The smallest absolute Gasteiger partial charge is 0.419 e. The van der Waals surface area contributed by atoms with Gasteiger partial charge in [0.1, 0.15) is 5.75 Å². The van der Waals surface area contributed by atoms with Gasteiger partial charge in [0.15, 0.2) is 0 Å². The third kappa shape index (κ3) is 4.44. The predicted molar refractivity (Wildman–Crippen MR) is 86.8 cm³/mol. The number of carboxylic acids is 1. The molecule has 0 aliphatic carbocycles. The number of nitrogens with one attached hydrogen (secondary N) is 1. The van der Waals surface area contributed by atoms with Gasteiger partial charge in [0.25, 0.3) is 0 Å². The molecule has 0 heterocycles. The molecule has 1 unspecified atom stereocenters. The fourth-order valence-corrected chi connectivity index (χ4v) is 2.31. The molecule has 2 rings (SSSR count). The summed E-state index contributed by atoms with van der Waals surface area (Å²) in [5, 5.41) is 11.7. The molecular formula is C17H15F3N2O4. The fraction of sp³-hybridized carbons (Fsp3) is 0.176. The number of amides is 2. The summed E-state index contributed by atoms with van der Waals surface area (Å²) in [6, 6.07) is 7.66. The van der Waals surface area contributed by atoms with Crippen LogP contribution in [0.3, 0.4) is 0 Å². The number of rotatable bonds is 5. The van der Waals surface area contributed by atoms with Crippen LogP contribution in [0.25, 0.3) is 0 Å². The first kappa shape index (κ1) is 19.1. The van der Waals surface area contributed by atoms with E-state index < -0.39 is 35.6 Å². The van der Waals surface area contributed by atoms with Gasteiger partial charge in [0, 0.05) is 11.3 Å². The molecule has 9 heteroatoms. The average Bonchev–Trinajstić information content (AvgIpc) is 2.53. The number of primary amides is 1. The SMILES string of the molecule is Cc1cc(C(Oc2ccccc2C(F)(F)F)C(=O)O)ccc1NC(N)=O. The lowest BCUT2D eigenvalue weighted by Gasteiger charge is -2.20. The second-order valence-electron chi connectivity index (χ2n) is 5.39. The summed E-state index contributed by atoms with van der Waals surface area (Å²) in [7, 11) is 0. The number of para-hydroxylation sites is 1. The van der Waals surface area contributed by atoms with Crippen molar-refractivity contribution in [2.24, 2.45) is 5.73 Å². The number of hydrogen-bond acceptors (Lipinski definition) is 3. The van der Waals surface area contributed by atoms with Crippen LogP contribution in [0.15, 0.2) is 42.5 Å². The highest BCUT2D eigenvalue weighted by Gasteiger charge is 2.35. The number of urea groups is 1. The Kier molecular flexibility index (Phi) is 5.39. The number of nitrogens with two attached hydrogens (primary N) is 1. The van der Waals surface area contributed by atoms with Crippen LogP contribution in [-0.4, -0.2) is 17.1 Å². The number of anilines is 1. The van der Waals surface area contributed by atoms with E-state index in [1.165, 1.54) is 30.3 Å². The van der Waals surface area contributed by atoms with E-state index in [1.54, 1.807) is 6.92 Å². The zero-order chi connectivity index (χ0) is 19.5. The zero-order valence-electron chi connectivity index (χ0n) is 13.5. The van der Waals surface area contributed by atoms with Crippen LogP contribution in [0.4, 0.5) is 23.7 Å². The highest BCUT2D eigenvalue weighted by Crippen LogP contribution is 2.38. The van der Waals surface area contributed by atoms with Gasteiger partial charge in [0.2, 0.25) is 6.10 Å². The summed E-state index contributed by atoms with van der Waals surface area (Å²) in [6.07, 6.45) is -6.36. The maximum Gasteiger partial charge on any atom is 0.419 e. The number of halogens is 3. The quantitative estimate of drug-likeness (QED) is 0.749. The minimum atomic E-state index is -4.69. The number of hydrogen-bond donors (Lipinski definition) is 3. The summed E-state index contributed by atoms with van der Waals surface area (Å²) in [6.45, 7) is 1.58. The van der Waals surface area contributed by atoms with Gasteiger partial charge in [-0.05, 0) is 36.8 Å². The minimum absolute atomic E-state index is 0.113. The van der Waals surface area contributed by atoms with Gasteiger partial charge in [-0.2, -0.15) is 13.2 Å². The van der Waals surface area contributed by atoms with Crippen molar-refractivity contribution in [1.29, 1.82) is 0 Å². The number of carbonyl (C=O) groups excluding carboxylic acids is 1. The van der Waals surface area contributed by atoms with Crippen LogP contribution < -0.4 is 15.8 Å². The van der Waals surface area contributed by atoms with E-state index in [-0.39, 0.29) is 5.56 Å². The van der Waals surface area contributed by atoms with Crippen molar-refractivity contribution in [3.8, 4) is 5.75 Å². The van der Waals surface area contributed by atoms with E-state index in [0.717, 1.165) is 12.1 Å². The van der Waals surface area contributed by atoms with Gasteiger partial charge in [-0.1, -0.05) is 18.2 Å². The molecule has 138 valence electrons. The molecule has 0 fully saturated rings. The first-order valence-corrected chi connectivity index (χ1v) is 7.32. The molecule has 0 saturated heterocycles. The fourth-order valence-electron chi connectivity index (χ4n) is 2.31. The van der Waals surface area contributed by atoms with Crippen molar-refractivity contribution in [1.82, 2.24) is 0 Å². The van der Waals surface area contributed by atoms with Crippen molar-refractivity contribution in [2.75, 3.05) is 5.32 Å². The second kappa shape index (κ2) is 7.34. The molecule has 6 nitrogen and oxygen atoms in total. The number of benzene rings is 2. The Labute approximate surface area is 146 Å². The Hall–Kier alpha value is -3.23. The Bertz CT molecular complexity index is 837. The molecule has 0 aliphatic heterocycles. The number of ether oxygens (including phenoxy) is 1. The molecule has 0 saturated carbocycles. The second-order valence-corrected chi connectivity index (χ2v) is 5.39. The summed E-state index contributed by atoms with van der Waals surface area (Å²) < 4.78 is 44.3. The lowest BCUT2D eigenvalue weighted by Crippen LogP contribution is -2.21. The molecule has 0 aliphatic rings. The number of aliphatic carboxylic acids is 1. The van der Waals surface area contributed by atoms with Crippen molar-refractivity contribution < 1.29 is 32.6 Å². The maximum absolute atomic E-state index is 13.1. The van der Waals surface area contributed by atoms with Gasteiger partial charge in [-0.3, -0.25) is 0 Å². The Morgan fingerprint density at radius 3 is 2.38 bits per heavy atom. The maximum atomic E-state index is 13.1. The molecule has 26 heavy (non-hydrogen) atoms. The molecule has 0 spiro atoms. The molecule has 2 amide bonds. The van der Waals surface area contributed by atoms with Crippen LogP contribution in [-0.2, 0) is 11.0 Å². The van der Waals surface area contributed by atoms with Crippen molar-refractivity contribution >= 4 is 17.7 Å². The molecule has 2 aromatic rings. The lowest BCUT2D eigenvalue weighted by molar-refractivity contribution is -0.148.